The molecule has 4 amide bonds. The van der Waals surface area contributed by atoms with E-state index in [0.717, 1.165) is 31.2 Å². The van der Waals surface area contributed by atoms with Crippen LogP contribution in [0.1, 0.15) is 58.3 Å². The minimum absolute atomic E-state index is 0.0987. The molecule has 0 radical (unpaired) electrons. The highest BCUT2D eigenvalue weighted by atomic mass is 16.5. The van der Waals surface area contributed by atoms with Crippen LogP contribution in [0.4, 0.5) is 9.59 Å². The largest absolute Gasteiger partial charge is 0.497 e. The number of methoxy groups -OCH3 is 1. The molecule has 3 aromatic rings. The maximum Gasteiger partial charge on any atom is 0.409 e. The molecule has 0 spiro atoms. The second-order valence-corrected chi connectivity index (χ2v) is 13.3. The molecule has 3 heterocycles. The van der Waals surface area contributed by atoms with Crippen molar-refractivity contribution in [3.63, 3.8) is 0 Å². The highest BCUT2D eigenvalue weighted by molar-refractivity contribution is 5.99. The number of hydrogen-bond acceptors (Lipinski definition) is 8. The fourth-order valence-electron chi connectivity index (χ4n) is 6.83. The SMILES string of the molecule is CCCCOC(=O)NC12CC(Oc3cc(-c4ccccc4)nc4cc(OC)ccc34)CN1C(=O)NCCCCCC=CC1CC1(C(=O)O)NC2=O. The number of pyridine rings is 1. The van der Waals surface area contributed by atoms with Crippen LogP contribution in [-0.2, 0) is 14.3 Å². The molecule has 13 nitrogen and oxygen atoms in total. The summed E-state index contributed by atoms with van der Waals surface area (Å²) in [5.41, 5.74) is -1.52. The molecule has 270 valence electrons. The smallest absolute Gasteiger partial charge is 0.409 e. The minimum Gasteiger partial charge on any atom is -0.497 e. The minimum atomic E-state index is -2.04. The first-order valence-corrected chi connectivity index (χ1v) is 17.6. The molecule has 1 saturated carbocycles. The van der Waals surface area contributed by atoms with E-state index in [0.29, 0.717) is 47.5 Å². The topological polar surface area (TPSA) is 168 Å². The normalized spacial score (nSPS) is 24.9. The Labute approximate surface area is 296 Å². The molecule has 1 aliphatic carbocycles. The van der Waals surface area contributed by atoms with E-state index < -0.39 is 47.2 Å². The van der Waals surface area contributed by atoms with Crippen molar-refractivity contribution in [1.82, 2.24) is 25.8 Å². The van der Waals surface area contributed by atoms with Crippen molar-refractivity contribution in [3.8, 4) is 22.8 Å². The van der Waals surface area contributed by atoms with E-state index in [9.17, 15) is 24.3 Å². The lowest BCUT2D eigenvalue weighted by atomic mass is 10.0. The summed E-state index contributed by atoms with van der Waals surface area (Å²) in [6.07, 6.45) is 6.62. The Hall–Kier alpha value is -5.33. The first kappa shape index (κ1) is 35.5. The molecule has 4 unspecified atom stereocenters. The van der Waals surface area contributed by atoms with E-state index in [2.05, 4.69) is 16.0 Å². The van der Waals surface area contributed by atoms with Crippen LogP contribution in [0.25, 0.3) is 22.2 Å². The number of rotatable bonds is 9. The van der Waals surface area contributed by atoms with Gasteiger partial charge in [-0.15, -0.1) is 0 Å². The van der Waals surface area contributed by atoms with Gasteiger partial charge in [-0.2, -0.15) is 0 Å². The highest BCUT2D eigenvalue weighted by Crippen LogP contribution is 2.46. The molecule has 51 heavy (non-hydrogen) atoms. The summed E-state index contributed by atoms with van der Waals surface area (Å²) in [5.74, 6) is -1.41. The zero-order valence-corrected chi connectivity index (χ0v) is 29.0. The van der Waals surface area contributed by atoms with Crippen molar-refractivity contribution in [2.75, 3.05) is 26.8 Å². The maximum absolute atomic E-state index is 14.6. The molecule has 3 aliphatic rings. The molecule has 2 aromatic carbocycles. The Morgan fingerprint density at radius 3 is 2.67 bits per heavy atom. The van der Waals surface area contributed by atoms with Crippen LogP contribution in [0.5, 0.6) is 11.5 Å². The Morgan fingerprint density at radius 1 is 1.08 bits per heavy atom. The summed E-state index contributed by atoms with van der Waals surface area (Å²) < 4.78 is 17.6. The van der Waals surface area contributed by atoms with Crippen LogP contribution in [-0.4, -0.2) is 83.1 Å². The number of ether oxygens (including phenoxy) is 3. The number of nitrogens with zero attached hydrogens (tertiary/aromatic N) is 2. The Morgan fingerprint density at radius 2 is 1.90 bits per heavy atom. The zero-order chi connectivity index (χ0) is 36.0. The third-order valence-electron chi connectivity index (χ3n) is 9.80. The molecule has 4 atom stereocenters. The van der Waals surface area contributed by atoms with Gasteiger partial charge in [0.1, 0.15) is 23.1 Å². The van der Waals surface area contributed by atoms with Gasteiger partial charge in [-0.25, -0.2) is 19.4 Å². The predicted molar refractivity (Wildman–Crippen MR) is 189 cm³/mol. The van der Waals surface area contributed by atoms with Gasteiger partial charge >= 0.3 is 18.1 Å². The van der Waals surface area contributed by atoms with Gasteiger partial charge in [-0.1, -0.05) is 62.2 Å². The van der Waals surface area contributed by atoms with Crippen LogP contribution in [0.15, 0.2) is 66.7 Å². The summed E-state index contributed by atoms with van der Waals surface area (Å²) in [5, 5.41) is 19.3. The standard InChI is InChI=1S/C38H45N5O8/c1-3-4-19-50-36(48)42-38-23-28(51-32-21-30(25-13-9-8-10-14-25)40-31-20-27(49-2)16-17-29(31)32)24-43(38)35(47)39-18-12-7-5-6-11-15-26-22-37(26,34(45)46)41-33(38)44/h8-11,13-17,20-21,26,28H,3-7,12,18-19,22-24H2,1-2H3,(H,39,47)(H,41,44)(H,42,48)(H,45,46). The summed E-state index contributed by atoms with van der Waals surface area (Å²) in [4.78, 5) is 60.6. The Balaban J connectivity index is 1.40. The van der Waals surface area contributed by atoms with Crippen LogP contribution >= 0.6 is 0 Å². The van der Waals surface area contributed by atoms with Gasteiger partial charge in [-0.05, 0) is 44.2 Å². The number of hydrogen-bond donors (Lipinski definition) is 4. The molecule has 6 rings (SSSR count). The highest BCUT2D eigenvalue weighted by Gasteiger charge is 2.64. The van der Waals surface area contributed by atoms with Gasteiger partial charge in [0.15, 0.2) is 0 Å². The van der Waals surface area contributed by atoms with Gasteiger partial charge in [0.05, 0.1) is 31.5 Å². The molecule has 2 fully saturated rings. The van der Waals surface area contributed by atoms with Crippen molar-refractivity contribution < 1.29 is 38.5 Å². The summed E-state index contributed by atoms with van der Waals surface area (Å²) in [6, 6.07) is 16.2. The number of carboxylic acid groups (broad SMARTS) is 1. The molecular formula is C38H45N5O8. The summed E-state index contributed by atoms with van der Waals surface area (Å²) in [7, 11) is 1.57. The molecule has 2 aliphatic heterocycles. The number of nitrogens with one attached hydrogen (secondary N) is 3. The predicted octanol–water partition coefficient (Wildman–Crippen LogP) is 5.39. The number of carbonyl (C=O) groups is 4. The number of carbonyl (C=O) groups excluding carboxylic acids is 3. The van der Waals surface area contributed by atoms with Gasteiger partial charge in [0, 0.05) is 42.0 Å². The zero-order valence-electron chi connectivity index (χ0n) is 29.0. The number of alkyl carbamates (subject to hydrolysis) is 1. The first-order valence-electron chi connectivity index (χ1n) is 17.6. The van der Waals surface area contributed by atoms with Gasteiger partial charge < -0.3 is 30.0 Å². The van der Waals surface area contributed by atoms with Crippen molar-refractivity contribution in [2.24, 2.45) is 5.92 Å². The molecule has 4 N–H and O–H groups in total. The number of amides is 4. The maximum atomic E-state index is 14.6. The number of unbranched alkanes of at least 4 members (excludes halogenated alkanes) is 1. The first-order chi connectivity index (χ1) is 24.7. The van der Waals surface area contributed by atoms with E-state index in [1.165, 1.54) is 4.90 Å². The van der Waals surface area contributed by atoms with E-state index in [4.69, 9.17) is 19.2 Å². The molecule has 1 aromatic heterocycles. The number of urea groups is 1. The molecular weight excluding hydrogens is 654 g/mol. The van der Waals surface area contributed by atoms with E-state index >= 15 is 0 Å². The lowest BCUT2D eigenvalue weighted by Crippen LogP contribution is -2.70. The van der Waals surface area contributed by atoms with Gasteiger partial charge in [0.2, 0.25) is 5.66 Å². The Kier molecular flexibility index (Phi) is 10.6. The van der Waals surface area contributed by atoms with Crippen LogP contribution in [0, 0.1) is 5.92 Å². The average molecular weight is 700 g/mol. The fourth-order valence-corrected chi connectivity index (χ4v) is 6.83. The van der Waals surface area contributed by atoms with Crippen molar-refractivity contribution >= 4 is 34.9 Å². The van der Waals surface area contributed by atoms with E-state index in [1.807, 2.05) is 55.5 Å². The van der Waals surface area contributed by atoms with Crippen molar-refractivity contribution in [2.45, 2.75) is 75.6 Å². The quantitative estimate of drug-likeness (QED) is 0.169. The molecule has 13 heteroatoms. The van der Waals surface area contributed by atoms with E-state index in [1.54, 1.807) is 25.3 Å². The third kappa shape index (κ3) is 7.57. The number of benzene rings is 2. The van der Waals surface area contributed by atoms with Crippen molar-refractivity contribution in [1.29, 1.82) is 0 Å². The average Bonchev–Trinajstić information content (AvgIpc) is 3.71. The Bertz CT molecular complexity index is 1800. The summed E-state index contributed by atoms with van der Waals surface area (Å²) >= 11 is 0. The van der Waals surface area contributed by atoms with Crippen molar-refractivity contribution in [3.05, 3.63) is 66.7 Å². The van der Waals surface area contributed by atoms with Crippen LogP contribution in [0.2, 0.25) is 0 Å². The van der Waals surface area contributed by atoms with Crippen LogP contribution in [0.3, 0.4) is 0 Å². The lowest BCUT2D eigenvalue weighted by Gasteiger charge is -2.37. The molecule has 0 bridgehead atoms. The summed E-state index contributed by atoms with van der Waals surface area (Å²) in [6.45, 7) is 2.31. The molecule has 1 saturated heterocycles. The number of aromatic nitrogens is 1. The van der Waals surface area contributed by atoms with E-state index in [-0.39, 0.29) is 26.0 Å². The van der Waals surface area contributed by atoms with Gasteiger partial charge in [-0.3, -0.25) is 15.0 Å². The third-order valence-corrected chi connectivity index (χ3v) is 9.80. The second kappa shape index (κ2) is 15.3. The number of aliphatic carboxylic acids is 1. The lowest BCUT2D eigenvalue weighted by molar-refractivity contribution is -0.145. The number of carboxylic acids is 1. The number of allylic oxidation sites excluding steroid dienone is 1. The van der Waals surface area contributed by atoms with Gasteiger partial charge in [0.25, 0.3) is 5.91 Å². The fraction of sp³-hybridized carbons (Fsp3) is 0.447. The number of fused-ring (bicyclic) bond motifs is 3. The second-order valence-electron chi connectivity index (χ2n) is 13.3. The monoisotopic (exact) mass is 699 g/mol. The van der Waals surface area contributed by atoms with Crippen LogP contribution < -0.4 is 25.4 Å².